The molecule has 0 unspecified atom stereocenters. The van der Waals surface area contributed by atoms with Crippen LogP contribution in [0.5, 0.6) is 0 Å². The van der Waals surface area contributed by atoms with Crippen LogP contribution in [0.1, 0.15) is 16.1 Å². The third kappa shape index (κ3) is 3.66. The van der Waals surface area contributed by atoms with Gasteiger partial charge in [-0.25, -0.2) is 9.78 Å². The molecular formula is C17H14N4O5. The molecule has 0 saturated heterocycles. The highest BCUT2D eigenvalue weighted by molar-refractivity contribution is 5.95. The van der Waals surface area contributed by atoms with Crippen molar-refractivity contribution in [3.8, 4) is 0 Å². The van der Waals surface area contributed by atoms with Crippen LogP contribution in [0.2, 0.25) is 0 Å². The molecule has 3 rings (SSSR count). The number of hydrogen-bond donors (Lipinski definition) is 1. The van der Waals surface area contributed by atoms with Crippen molar-refractivity contribution < 1.29 is 19.2 Å². The van der Waals surface area contributed by atoms with E-state index in [1.807, 2.05) is 0 Å². The Balaban J connectivity index is 1.62. The Morgan fingerprint density at radius 2 is 2.12 bits per heavy atom. The first-order valence-electron chi connectivity index (χ1n) is 7.60. The lowest BCUT2D eigenvalue weighted by Gasteiger charge is -2.08. The zero-order valence-electron chi connectivity index (χ0n) is 13.7. The monoisotopic (exact) mass is 354 g/mol. The van der Waals surface area contributed by atoms with Crippen LogP contribution in [0.4, 0.5) is 11.4 Å². The van der Waals surface area contributed by atoms with Crippen molar-refractivity contribution in [3.63, 3.8) is 0 Å². The summed E-state index contributed by atoms with van der Waals surface area (Å²) >= 11 is 0. The minimum absolute atomic E-state index is 0.0792. The number of nitrogens with zero attached hydrogens (tertiary/aromatic N) is 3. The average Bonchev–Trinajstić information content (AvgIpc) is 3.05. The van der Waals surface area contributed by atoms with Crippen molar-refractivity contribution in [1.82, 2.24) is 9.38 Å². The predicted octanol–water partition coefficient (Wildman–Crippen LogP) is 2.35. The Morgan fingerprint density at radius 3 is 2.85 bits per heavy atom. The Bertz CT molecular complexity index is 978. The van der Waals surface area contributed by atoms with Gasteiger partial charge in [0.25, 0.3) is 11.6 Å². The minimum atomic E-state index is -0.736. The minimum Gasteiger partial charge on any atom is -0.451 e. The fourth-order valence-electron chi connectivity index (χ4n) is 2.28. The fourth-order valence-corrected chi connectivity index (χ4v) is 2.28. The third-order valence-corrected chi connectivity index (χ3v) is 3.61. The first kappa shape index (κ1) is 17.1. The number of ether oxygens (including phenoxy) is 1. The molecule has 0 atom stereocenters. The predicted molar refractivity (Wildman–Crippen MR) is 91.9 cm³/mol. The number of non-ortho nitro benzene ring substituents is 1. The van der Waals surface area contributed by atoms with Crippen molar-refractivity contribution in [2.24, 2.45) is 0 Å². The molecule has 9 heteroatoms. The molecule has 0 aliphatic rings. The summed E-state index contributed by atoms with van der Waals surface area (Å²) in [6, 6.07) is 9.42. The van der Waals surface area contributed by atoms with Crippen LogP contribution < -0.4 is 5.32 Å². The Labute approximate surface area is 147 Å². The van der Waals surface area contributed by atoms with Crippen molar-refractivity contribution in [2.45, 2.75) is 6.92 Å². The maximum Gasteiger partial charge on any atom is 0.359 e. The van der Waals surface area contributed by atoms with Crippen LogP contribution in [0.25, 0.3) is 5.65 Å². The molecule has 1 aromatic carbocycles. The van der Waals surface area contributed by atoms with E-state index in [-0.39, 0.29) is 17.1 Å². The number of benzene rings is 1. The first-order valence-corrected chi connectivity index (χ1v) is 7.60. The molecular weight excluding hydrogens is 340 g/mol. The van der Waals surface area contributed by atoms with Crippen LogP contribution in [0.15, 0.2) is 48.8 Å². The van der Waals surface area contributed by atoms with Gasteiger partial charge in [-0.1, -0.05) is 12.1 Å². The molecule has 0 spiro atoms. The molecule has 132 valence electrons. The lowest BCUT2D eigenvalue weighted by atomic mass is 10.2. The number of aromatic nitrogens is 2. The maximum atomic E-state index is 12.0. The molecule has 1 N–H and O–H groups in total. The van der Waals surface area contributed by atoms with Gasteiger partial charge in [-0.15, -0.1) is 0 Å². The number of carbonyl (C=O) groups is 2. The second-order valence-corrected chi connectivity index (χ2v) is 5.47. The molecule has 0 aliphatic carbocycles. The molecule has 2 aromatic heterocycles. The topological polar surface area (TPSA) is 116 Å². The molecule has 0 bridgehead atoms. The van der Waals surface area contributed by atoms with E-state index < -0.39 is 23.4 Å². The van der Waals surface area contributed by atoms with Gasteiger partial charge in [0.05, 0.1) is 10.6 Å². The molecule has 0 saturated carbocycles. The van der Waals surface area contributed by atoms with E-state index >= 15 is 0 Å². The lowest BCUT2D eigenvalue weighted by Crippen LogP contribution is -2.21. The molecule has 0 radical (unpaired) electrons. The van der Waals surface area contributed by atoms with Crippen molar-refractivity contribution >= 4 is 28.9 Å². The van der Waals surface area contributed by atoms with Gasteiger partial charge in [-0.2, -0.15) is 0 Å². The first-order chi connectivity index (χ1) is 12.4. The number of aryl methyl sites for hydroxylation is 1. The number of carbonyl (C=O) groups excluding carboxylic acids is 2. The lowest BCUT2D eigenvalue weighted by molar-refractivity contribution is -0.384. The molecule has 2 heterocycles. The molecule has 1 amide bonds. The van der Waals surface area contributed by atoms with E-state index in [0.29, 0.717) is 11.2 Å². The van der Waals surface area contributed by atoms with Crippen molar-refractivity contribution in [1.29, 1.82) is 0 Å². The standard InChI is InChI=1S/C17H14N4O5/c1-11-5-6-12(21(24)25)8-13(11)19-16(22)10-26-17(23)14-9-20-7-3-2-4-15(20)18-14/h2-9H,10H2,1H3,(H,19,22). The molecule has 3 aromatic rings. The van der Waals surface area contributed by atoms with Gasteiger partial charge in [0.15, 0.2) is 12.3 Å². The van der Waals surface area contributed by atoms with Gasteiger partial charge < -0.3 is 14.5 Å². The number of anilines is 1. The number of rotatable bonds is 5. The van der Waals surface area contributed by atoms with Gasteiger partial charge in [0.1, 0.15) is 5.65 Å². The van der Waals surface area contributed by atoms with Gasteiger partial charge in [0, 0.05) is 24.5 Å². The zero-order valence-corrected chi connectivity index (χ0v) is 13.7. The average molecular weight is 354 g/mol. The van der Waals surface area contributed by atoms with E-state index in [4.69, 9.17) is 4.74 Å². The van der Waals surface area contributed by atoms with E-state index in [9.17, 15) is 19.7 Å². The summed E-state index contributed by atoms with van der Waals surface area (Å²) in [6.07, 6.45) is 3.23. The Morgan fingerprint density at radius 1 is 1.31 bits per heavy atom. The van der Waals surface area contributed by atoms with Gasteiger partial charge in [0.2, 0.25) is 0 Å². The van der Waals surface area contributed by atoms with Crippen LogP contribution >= 0.6 is 0 Å². The van der Waals surface area contributed by atoms with Crippen molar-refractivity contribution in [3.05, 3.63) is 70.2 Å². The summed E-state index contributed by atoms with van der Waals surface area (Å²) in [5, 5.41) is 13.3. The van der Waals surface area contributed by atoms with E-state index in [1.54, 1.807) is 35.7 Å². The van der Waals surface area contributed by atoms with E-state index in [1.165, 1.54) is 24.4 Å². The molecule has 26 heavy (non-hydrogen) atoms. The number of amides is 1. The quantitative estimate of drug-likeness (QED) is 0.427. The number of imidazole rings is 1. The summed E-state index contributed by atoms with van der Waals surface area (Å²) in [5.41, 5.74) is 1.45. The molecule has 0 aliphatic heterocycles. The van der Waals surface area contributed by atoms with Crippen LogP contribution in [0.3, 0.4) is 0 Å². The number of nitrogens with one attached hydrogen (secondary N) is 1. The highest BCUT2D eigenvalue weighted by Gasteiger charge is 2.15. The molecule has 9 nitrogen and oxygen atoms in total. The largest absolute Gasteiger partial charge is 0.451 e. The van der Waals surface area contributed by atoms with Gasteiger partial charge >= 0.3 is 5.97 Å². The summed E-state index contributed by atoms with van der Waals surface area (Å²) in [5.74, 6) is -1.34. The zero-order chi connectivity index (χ0) is 18.7. The Kier molecular flexibility index (Phi) is 4.61. The summed E-state index contributed by atoms with van der Waals surface area (Å²) in [6.45, 7) is 1.16. The van der Waals surface area contributed by atoms with E-state index in [0.717, 1.165) is 0 Å². The SMILES string of the molecule is Cc1ccc([N+](=O)[O-])cc1NC(=O)COC(=O)c1cn2ccccc2n1. The maximum absolute atomic E-state index is 12.0. The smallest absolute Gasteiger partial charge is 0.359 e. The van der Waals surface area contributed by atoms with E-state index in [2.05, 4.69) is 10.3 Å². The normalized spacial score (nSPS) is 10.5. The van der Waals surface area contributed by atoms with Crippen molar-refractivity contribution in [2.75, 3.05) is 11.9 Å². The second-order valence-electron chi connectivity index (χ2n) is 5.47. The number of pyridine rings is 1. The highest BCUT2D eigenvalue weighted by atomic mass is 16.6. The summed E-state index contributed by atoms with van der Waals surface area (Å²) in [7, 11) is 0. The third-order valence-electron chi connectivity index (χ3n) is 3.61. The van der Waals surface area contributed by atoms with Gasteiger partial charge in [-0.05, 0) is 24.6 Å². The number of hydrogen-bond acceptors (Lipinski definition) is 6. The second kappa shape index (κ2) is 7.01. The summed E-state index contributed by atoms with van der Waals surface area (Å²) < 4.78 is 6.60. The Hall–Kier alpha value is -3.75. The van der Waals surface area contributed by atoms with Gasteiger partial charge in [-0.3, -0.25) is 14.9 Å². The number of esters is 1. The number of nitro groups is 1. The number of nitro benzene ring substituents is 1. The highest BCUT2D eigenvalue weighted by Crippen LogP contribution is 2.21. The van der Waals surface area contributed by atoms with Crippen LogP contribution in [-0.4, -0.2) is 32.8 Å². The summed E-state index contributed by atoms with van der Waals surface area (Å²) in [4.78, 5) is 38.3. The molecule has 0 fully saturated rings. The number of fused-ring (bicyclic) bond motifs is 1. The fraction of sp³-hybridized carbons (Fsp3) is 0.118. The van der Waals surface area contributed by atoms with Crippen LogP contribution in [-0.2, 0) is 9.53 Å². The van der Waals surface area contributed by atoms with Crippen LogP contribution in [0, 0.1) is 17.0 Å².